The summed E-state index contributed by atoms with van der Waals surface area (Å²) in [6.45, 7) is 7.15. The van der Waals surface area contributed by atoms with E-state index in [1.807, 2.05) is 13.8 Å². The van der Waals surface area contributed by atoms with Crippen molar-refractivity contribution >= 4 is 10.2 Å². The molecule has 0 amide bonds. The number of hydrogen-bond acceptors (Lipinski definition) is 3. The van der Waals surface area contributed by atoms with Crippen molar-refractivity contribution < 1.29 is 13.5 Å². The van der Waals surface area contributed by atoms with Gasteiger partial charge in [-0.15, -0.1) is 0 Å². The Morgan fingerprint density at radius 1 is 1.28 bits per heavy atom. The van der Waals surface area contributed by atoms with Crippen molar-refractivity contribution in [2.45, 2.75) is 52.2 Å². The Balaban J connectivity index is 1.96. The van der Waals surface area contributed by atoms with Crippen molar-refractivity contribution in [2.24, 2.45) is 11.3 Å². The average Bonchev–Trinajstić information content (AvgIpc) is 2.29. The molecule has 2 unspecified atom stereocenters. The SMILES string of the molecule is CC1CCN(S(=O)(=O)NC2CC(O)C2(C)C)CC1. The van der Waals surface area contributed by atoms with E-state index in [0.29, 0.717) is 25.4 Å². The number of piperidine rings is 1. The lowest BCUT2D eigenvalue weighted by molar-refractivity contribution is -0.0650. The molecule has 18 heavy (non-hydrogen) atoms. The largest absolute Gasteiger partial charge is 0.392 e. The first-order chi connectivity index (χ1) is 8.23. The number of nitrogens with zero attached hydrogens (tertiary/aromatic N) is 1. The molecule has 1 heterocycles. The van der Waals surface area contributed by atoms with Crippen LogP contribution < -0.4 is 4.72 Å². The van der Waals surface area contributed by atoms with Crippen molar-refractivity contribution in [3.8, 4) is 0 Å². The Morgan fingerprint density at radius 3 is 2.28 bits per heavy atom. The van der Waals surface area contributed by atoms with E-state index in [4.69, 9.17) is 0 Å². The molecule has 2 aliphatic rings. The van der Waals surface area contributed by atoms with Gasteiger partial charge in [-0.1, -0.05) is 20.8 Å². The van der Waals surface area contributed by atoms with Crippen LogP contribution in [0.5, 0.6) is 0 Å². The minimum atomic E-state index is -3.39. The van der Waals surface area contributed by atoms with Gasteiger partial charge in [0.1, 0.15) is 0 Å². The number of rotatable bonds is 3. The molecular formula is C12H24N2O3S. The fourth-order valence-electron chi connectivity index (χ4n) is 2.58. The van der Waals surface area contributed by atoms with E-state index in [-0.39, 0.29) is 11.5 Å². The highest BCUT2D eigenvalue weighted by Crippen LogP contribution is 2.41. The number of nitrogens with one attached hydrogen (secondary N) is 1. The number of aliphatic hydroxyl groups excluding tert-OH is 1. The highest BCUT2D eigenvalue weighted by Gasteiger charge is 2.49. The first-order valence-corrected chi connectivity index (χ1v) is 8.13. The summed E-state index contributed by atoms with van der Waals surface area (Å²) in [5.41, 5.74) is -0.365. The molecule has 1 saturated heterocycles. The molecule has 6 heteroatoms. The van der Waals surface area contributed by atoms with Gasteiger partial charge >= 0.3 is 0 Å². The van der Waals surface area contributed by atoms with Crippen LogP contribution >= 0.6 is 0 Å². The van der Waals surface area contributed by atoms with Crippen molar-refractivity contribution in [1.82, 2.24) is 9.03 Å². The lowest BCUT2D eigenvalue weighted by Gasteiger charge is -2.49. The fraction of sp³-hybridized carbons (Fsp3) is 1.00. The highest BCUT2D eigenvalue weighted by molar-refractivity contribution is 7.87. The summed E-state index contributed by atoms with van der Waals surface area (Å²) in [7, 11) is -3.39. The summed E-state index contributed by atoms with van der Waals surface area (Å²) < 4.78 is 28.7. The van der Waals surface area contributed by atoms with E-state index in [9.17, 15) is 13.5 Å². The van der Waals surface area contributed by atoms with Crippen molar-refractivity contribution in [1.29, 1.82) is 0 Å². The molecule has 0 aromatic carbocycles. The van der Waals surface area contributed by atoms with Gasteiger partial charge in [0.05, 0.1) is 6.10 Å². The number of hydrogen-bond donors (Lipinski definition) is 2. The average molecular weight is 276 g/mol. The third-order valence-corrected chi connectivity index (χ3v) is 6.22. The second-order valence-corrected chi connectivity index (χ2v) is 8.03. The van der Waals surface area contributed by atoms with Gasteiger partial charge < -0.3 is 5.11 Å². The first-order valence-electron chi connectivity index (χ1n) is 6.69. The summed E-state index contributed by atoms with van der Waals surface area (Å²) in [6.07, 6.45) is 1.96. The molecule has 106 valence electrons. The summed E-state index contributed by atoms with van der Waals surface area (Å²) >= 11 is 0. The van der Waals surface area contributed by atoms with Crippen molar-refractivity contribution in [2.75, 3.05) is 13.1 Å². The lowest BCUT2D eigenvalue weighted by Crippen LogP contribution is -2.63. The van der Waals surface area contributed by atoms with Crippen LogP contribution in [-0.4, -0.2) is 43.1 Å². The van der Waals surface area contributed by atoms with E-state index < -0.39 is 16.3 Å². The molecule has 0 radical (unpaired) electrons. The van der Waals surface area contributed by atoms with Crippen molar-refractivity contribution in [3.05, 3.63) is 0 Å². The Kier molecular flexibility index (Phi) is 3.75. The normalized spacial score (nSPS) is 34.2. The van der Waals surface area contributed by atoms with Gasteiger partial charge in [0, 0.05) is 24.5 Å². The molecule has 1 saturated carbocycles. The van der Waals surface area contributed by atoms with Crippen LogP contribution in [0.1, 0.15) is 40.0 Å². The van der Waals surface area contributed by atoms with Crippen molar-refractivity contribution in [3.63, 3.8) is 0 Å². The topological polar surface area (TPSA) is 69.6 Å². The van der Waals surface area contributed by atoms with E-state index in [1.54, 1.807) is 0 Å². The summed E-state index contributed by atoms with van der Waals surface area (Å²) in [5, 5.41) is 9.64. The third-order valence-electron chi connectivity index (χ3n) is 4.59. The maximum absolute atomic E-state index is 12.2. The summed E-state index contributed by atoms with van der Waals surface area (Å²) in [5.74, 6) is 0.610. The molecule has 2 fully saturated rings. The minimum absolute atomic E-state index is 0.156. The number of aliphatic hydroxyl groups is 1. The minimum Gasteiger partial charge on any atom is -0.392 e. The molecule has 1 aliphatic carbocycles. The summed E-state index contributed by atoms with van der Waals surface area (Å²) in [4.78, 5) is 0. The van der Waals surface area contributed by atoms with Crippen LogP contribution in [0, 0.1) is 11.3 Å². The van der Waals surface area contributed by atoms with Gasteiger partial charge in [-0.3, -0.25) is 0 Å². The van der Waals surface area contributed by atoms with Gasteiger partial charge in [0.25, 0.3) is 10.2 Å². The van der Waals surface area contributed by atoms with E-state index in [1.165, 1.54) is 4.31 Å². The molecular weight excluding hydrogens is 252 g/mol. The Labute approximate surface area is 110 Å². The molecule has 2 atom stereocenters. The van der Waals surface area contributed by atoms with Gasteiger partial charge in [0.2, 0.25) is 0 Å². The van der Waals surface area contributed by atoms with Crippen LogP contribution in [0.2, 0.25) is 0 Å². The lowest BCUT2D eigenvalue weighted by atomic mass is 9.65. The summed E-state index contributed by atoms with van der Waals surface area (Å²) in [6, 6.07) is -0.156. The molecule has 2 rings (SSSR count). The van der Waals surface area contributed by atoms with Crippen LogP contribution in [0.25, 0.3) is 0 Å². The van der Waals surface area contributed by atoms with Gasteiger partial charge in [-0.25, -0.2) is 0 Å². The molecule has 5 nitrogen and oxygen atoms in total. The maximum atomic E-state index is 12.2. The second kappa shape index (κ2) is 4.74. The monoisotopic (exact) mass is 276 g/mol. The van der Waals surface area contributed by atoms with Gasteiger partial charge in [-0.2, -0.15) is 17.4 Å². The Bertz CT molecular complexity index is 400. The molecule has 0 bridgehead atoms. The fourth-order valence-corrected chi connectivity index (χ4v) is 4.18. The Hall–Kier alpha value is -0.170. The van der Waals surface area contributed by atoms with Crippen LogP contribution in [-0.2, 0) is 10.2 Å². The van der Waals surface area contributed by atoms with Gasteiger partial charge in [-0.05, 0) is 25.2 Å². The van der Waals surface area contributed by atoms with Crippen LogP contribution in [0.4, 0.5) is 0 Å². The second-order valence-electron chi connectivity index (χ2n) is 6.33. The van der Waals surface area contributed by atoms with E-state index >= 15 is 0 Å². The standard InChI is InChI=1S/C12H24N2O3S/c1-9-4-6-14(7-5-9)18(16,17)13-10-8-11(15)12(10,2)3/h9-11,13,15H,4-8H2,1-3H3. The zero-order chi connectivity index (χ0) is 13.6. The predicted molar refractivity (Wildman–Crippen MR) is 70.2 cm³/mol. The third kappa shape index (κ3) is 2.57. The first kappa shape index (κ1) is 14.2. The highest BCUT2D eigenvalue weighted by atomic mass is 32.2. The molecule has 2 N–H and O–H groups in total. The predicted octanol–water partition coefficient (Wildman–Crippen LogP) is 0.712. The van der Waals surface area contributed by atoms with Crippen LogP contribution in [0.3, 0.4) is 0 Å². The maximum Gasteiger partial charge on any atom is 0.279 e. The van der Waals surface area contributed by atoms with Gasteiger partial charge in [0.15, 0.2) is 0 Å². The zero-order valence-electron chi connectivity index (χ0n) is 11.4. The molecule has 0 spiro atoms. The van der Waals surface area contributed by atoms with Crippen LogP contribution in [0.15, 0.2) is 0 Å². The molecule has 0 aromatic rings. The Morgan fingerprint density at radius 2 is 1.83 bits per heavy atom. The molecule has 0 aromatic heterocycles. The van der Waals surface area contributed by atoms with E-state index in [0.717, 1.165) is 12.8 Å². The molecule has 1 aliphatic heterocycles. The smallest absolute Gasteiger partial charge is 0.279 e. The quantitative estimate of drug-likeness (QED) is 0.797. The zero-order valence-corrected chi connectivity index (χ0v) is 12.2. The van der Waals surface area contributed by atoms with E-state index in [2.05, 4.69) is 11.6 Å².